The van der Waals surface area contributed by atoms with Crippen LogP contribution in [0.2, 0.25) is 0 Å². The van der Waals surface area contributed by atoms with Crippen LogP contribution in [0, 0.1) is 0 Å². The average Bonchev–Trinajstić information content (AvgIpc) is 2.72. The van der Waals surface area contributed by atoms with Gasteiger partial charge in [-0.25, -0.2) is 0 Å². The van der Waals surface area contributed by atoms with Crippen molar-refractivity contribution in [2.45, 2.75) is 6.42 Å². The molecule has 0 fully saturated rings. The smallest absolute Gasteiger partial charge is 0.177 e. The number of Topliss-reactive ketones (excluding diaryl/α,β-unsaturated/α-hetero) is 1. The van der Waals surface area contributed by atoms with E-state index in [9.17, 15) is 4.79 Å². The van der Waals surface area contributed by atoms with Crippen molar-refractivity contribution in [3.63, 3.8) is 0 Å². The molecule has 0 unspecified atom stereocenters. The molecule has 2 heterocycles. The second-order valence-electron chi connectivity index (χ2n) is 2.94. The SMILES string of the molecule is O=C(Cc1cccnc1)c1cccs1. The predicted molar refractivity (Wildman–Crippen MR) is 56.6 cm³/mol. The first-order valence-electron chi connectivity index (χ1n) is 4.32. The summed E-state index contributed by atoms with van der Waals surface area (Å²) in [5, 5.41) is 1.91. The van der Waals surface area contributed by atoms with Gasteiger partial charge >= 0.3 is 0 Å². The minimum atomic E-state index is 0.160. The summed E-state index contributed by atoms with van der Waals surface area (Å²) in [7, 11) is 0. The van der Waals surface area contributed by atoms with E-state index in [0.717, 1.165) is 10.4 Å². The van der Waals surface area contributed by atoms with Crippen molar-refractivity contribution in [1.29, 1.82) is 0 Å². The van der Waals surface area contributed by atoms with Gasteiger partial charge in [0, 0.05) is 18.8 Å². The van der Waals surface area contributed by atoms with E-state index in [1.165, 1.54) is 11.3 Å². The third-order valence-electron chi connectivity index (χ3n) is 1.88. The van der Waals surface area contributed by atoms with Crippen LogP contribution in [0.25, 0.3) is 0 Å². The molecule has 0 radical (unpaired) electrons. The summed E-state index contributed by atoms with van der Waals surface area (Å²) < 4.78 is 0. The molecule has 0 spiro atoms. The number of aromatic nitrogens is 1. The standard InChI is InChI=1S/C11H9NOS/c13-10(11-4-2-6-14-11)7-9-3-1-5-12-8-9/h1-6,8H,7H2. The zero-order valence-electron chi connectivity index (χ0n) is 7.51. The van der Waals surface area contributed by atoms with Gasteiger partial charge in [0.2, 0.25) is 0 Å². The van der Waals surface area contributed by atoms with E-state index in [2.05, 4.69) is 4.98 Å². The Kier molecular flexibility index (Phi) is 2.70. The van der Waals surface area contributed by atoms with Crippen LogP contribution in [0.4, 0.5) is 0 Å². The zero-order valence-corrected chi connectivity index (χ0v) is 8.33. The highest BCUT2D eigenvalue weighted by atomic mass is 32.1. The van der Waals surface area contributed by atoms with Crippen LogP contribution >= 0.6 is 11.3 Å². The molecule has 0 saturated carbocycles. The fraction of sp³-hybridized carbons (Fsp3) is 0.0909. The molecular weight excluding hydrogens is 194 g/mol. The van der Waals surface area contributed by atoms with E-state index >= 15 is 0 Å². The normalized spacial score (nSPS) is 10.0. The highest BCUT2D eigenvalue weighted by Gasteiger charge is 2.07. The molecule has 0 atom stereocenters. The lowest BCUT2D eigenvalue weighted by Crippen LogP contribution is -2.00. The molecule has 3 heteroatoms. The lowest BCUT2D eigenvalue weighted by molar-refractivity contribution is 0.0997. The van der Waals surface area contributed by atoms with Gasteiger partial charge in [-0.1, -0.05) is 12.1 Å². The third kappa shape index (κ3) is 2.06. The van der Waals surface area contributed by atoms with Gasteiger partial charge in [0.15, 0.2) is 5.78 Å². The maximum atomic E-state index is 11.7. The van der Waals surface area contributed by atoms with Crippen molar-refractivity contribution in [2.24, 2.45) is 0 Å². The topological polar surface area (TPSA) is 30.0 Å². The van der Waals surface area contributed by atoms with Gasteiger partial charge in [0.1, 0.15) is 0 Å². The first kappa shape index (κ1) is 9.09. The quantitative estimate of drug-likeness (QED) is 0.717. The number of rotatable bonds is 3. The number of hydrogen-bond acceptors (Lipinski definition) is 3. The molecule has 0 bridgehead atoms. The van der Waals surface area contributed by atoms with E-state index in [0.29, 0.717) is 6.42 Å². The summed E-state index contributed by atoms with van der Waals surface area (Å²) >= 11 is 1.48. The van der Waals surface area contributed by atoms with Crippen LogP contribution in [0.15, 0.2) is 42.0 Å². The van der Waals surface area contributed by atoms with Crippen LogP contribution in [0.3, 0.4) is 0 Å². The van der Waals surface area contributed by atoms with E-state index in [-0.39, 0.29) is 5.78 Å². The number of carbonyl (C=O) groups excluding carboxylic acids is 1. The summed E-state index contributed by atoms with van der Waals surface area (Å²) in [5.74, 6) is 0.160. The summed E-state index contributed by atoms with van der Waals surface area (Å²) in [6, 6.07) is 7.50. The predicted octanol–water partition coefficient (Wildman–Crippen LogP) is 2.57. The number of pyridine rings is 1. The van der Waals surface area contributed by atoms with E-state index < -0.39 is 0 Å². The number of hydrogen-bond donors (Lipinski definition) is 0. The molecule has 0 aliphatic rings. The molecule has 2 aromatic rings. The third-order valence-corrected chi connectivity index (χ3v) is 2.79. The van der Waals surface area contributed by atoms with Crippen LogP contribution in [-0.4, -0.2) is 10.8 Å². The van der Waals surface area contributed by atoms with Crippen molar-refractivity contribution in [1.82, 2.24) is 4.98 Å². The van der Waals surface area contributed by atoms with Crippen LogP contribution in [-0.2, 0) is 6.42 Å². The largest absolute Gasteiger partial charge is 0.293 e. The number of thiophene rings is 1. The Bertz CT molecular complexity index is 408. The molecule has 0 aromatic carbocycles. The second kappa shape index (κ2) is 4.15. The minimum Gasteiger partial charge on any atom is -0.293 e. The van der Waals surface area contributed by atoms with Crippen molar-refractivity contribution >= 4 is 17.1 Å². The summed E-state index contributed by atoms with van der Waals surface area (Å²) in [6.07, 6.45) is 3.87. The average molecular weight is 203 g/mol. The molecular formula is C11H9NOS. The molecule has 0 amide bonds. The molecule has 0 aliphatic heterocycles. The Morgan fingerprint density at radius 3 is 2.93 bits per heavy atom. The van der Waals surface area contributed by atoms with Gasteiger partial charge < -0.3 is 0 Å². The summed E-state index contributed by atoms with van der Waals surface area (Å²) in [5.41, 5.74) is 0.964. The van der Waals surface area contributed by atoms with Gasteiger partial charge in [0.05, 0.1) is 4.88 Å². The lowest BCUT2D eigenvalue weighted by Gasteiger charge is -1.97. The Balaban J connectivity index is 2.10. The van der Waals surface area contributed by atoms with Crippen molar-refractivity contribution in [3.8, 4) is 0 Å². The van der Waals surface area contributed by atoms with E-state index in [1.807, 2.05) is 29.6 Å². The van der Waals surface area contributed by atoms with Crippen molar-refractivity contribution in [3.05, 3.63) is 52.5 Å². The number of nitrogens with zero attached hydrogens (tertiary/aromatic N) is 1. The molecule has 2 nitrogen and oxygen atoms in total. The Hall–Kier alpha value is -1.48. The highest BCUT2D eigenvalue weighted by molar-refractivity contribution is 7.12. The second-order valence-corrected chi connectivity index (χ2v) is 3.89. The van der Waals surface area contributed by atoms with Gasteiger partial charge in [-0.05, 0) is 23.1 Å². The summed E-state index contributed by atoms with van der Waals surface area (Å²) in [4.78, 5) is 16.4. The maximum absolute atomic E-state index is 11.7. The van der Waals surface area contributed by atoms with Gasteiger partial charge in [-0.2, -0.15) is 0 Å². The zero-order chi connectivity index (χ0) is 9.80. The minimum absolute atomic E-state index is 0.160. The Morgan fingerprint density at radius 2 is 2.29 bits per heavy atom. The van der Waals surface area contributed by atoms with Crippen molar-refractivity contribution < 1.29 is 4.79 Å². The fourth-order valence-electron chi connectivity index (χ4n) is 1.21. The van der Waals surface area contributed by atoms with Gasteiger partial charge in [-0.3, -0.25) is 9.78 Å². The molecule has 0 N–H and O–H groups in total. The van der Waals surface area contributed by atoms with Crippen LogP contribution < -0.4 is 0 Å². The highest BCUT2D eigenvalue weighted by Crippen LogP contribution is 2.12. The fourth-order valence-corrected chi connectivity index (χ4v) is 1.88. The first-order valence-corrected chi connectivity index (χ1v) is 5.20. The molecule has 2 aromatic heterocycles. The molecule has 70 valence electrons. The van der Waals surface area contributed by atoms with Crippen molar-refractivity contribution in [2.75, 3.05) is 0 Å². The maximum Gasteiger partial charge on any atom is 0.177 e. The Morgan fingerprint density at radius 1 is 1.36 bits per heavy atom. The molecule has 2 rings (SSSR count). The van der Waals surface area contributed by atoms with E-state index in [1.54, 1.807) is 12.4 Å². The molecule has 14 heavy (non-hydrogen) atoms. The van der Waals surface area contributed by atoms with Crippen LogP contribution in [0.1, 0.15) is 15.2 Å². The van der Waals surface area contributed by atoms with E-state index in [4.69, 9.17) is 0 Å². The van der Waals surface area contributed by atoms with Gasteiger partial charge in [0.25, 0.3) is 0 Å². The summed E-state index contributed by atoms with van der Waals surface area (Å²) in [6.45, 7) is 0. The number of carbonyl (C=O) groups is 1. The first-order chi connectivity index (χ1) is 6.86. The lowest BCUT2D eigenvalue weighted by atomic mass is 10.1. The van der Waals surface area contributed by atoms with Gasteiger partial charge in [-0.15, -0.1) is 11.3 Å². The monoisotopic (exact) mass is 203 g/mol. The Labute approximate surface area is 86.2 Å². The molecule has 0 saturated heterocycles. The molecule has 0 aliphatic carbocycles. The number of ketones is 1. The van der Waals surface area contributed by atoms with Crippen LogP contribution in [0.5, 0.6) is 0 Å².